The molecule has 0 aliphatic carbocycles. The Bertz CT molecular complexity index is 723. The molecule has 1 aliphatic rings. The van der Waals surface area contributed by atoms with Crippen LogP contribution in [0.5, 0.6) is 0 Å². The first-order valence-corrected chi connectivity index (χ1v) is 9.24. The highest BCUT2D eigenvalue weighted by atomic mass is 35.5. The molecule has 1 amide bonds. The quantitative estimate of drug-likeness (QED) is 0.888. The fraction of sp³-hybridized carbons (Fsp3) is 0.474. The molecule has 1 atom stereocenters. The number of carbonyl (C=O) groups is 1. The first-order chi connectivity index (χ1) is 12.2. The highest BCUT2D eigenvalue weighted by molar-refractivity contribution is 6.31. The number of nitrogens with zero attached hydrogens (tertiary/aromatic N) is 2. The van der Waals surface area contributed by atoms with Gasteiger partial charge < -0.3 is 14.7 Å². The lowest BCUT2D eigenvalue weighted by Crippen LogP contribution is -2.49. The minimum Gasteiger partial charge on any atom is -0.361 e. The number of nitrogens with one attached hydrogen (secondary N) is 1. The summed E-state index contributed by atoms with van der Waals surface area (Å²) < 4.78 is 5.40. The maximum absolute atomic E-state index is 13.1. The molecule has 1 saturated heterocycles. The standard InChI is InChI=1S/C19H24ClN3O2/c1-3-16-14(18(4-2)25-22-16)11-19(24)23-10-9-21-12-17(23)13-7-5-6-8-15(13)20/h5-8,17,21H,3-4,9-12H2,1-2H3. The number of piperazine rings is 1. The molecule has 1 N–H and O–H groups in total. The van der Waals surface area contributed by atoms with Crippen LogP contribution < -0.4 is 5.32 Å². The Morgan fingerprint density at radius 3 is 2.88 bits per heavy atom. The zero-order valence-electron chi connectivity index (χ0n) is 14.7. The van der Waals surface area contributed by atoms with Gasteiger partial charge in [-0.1, -0.05) is 48.8 Å². The zero-order chi connectivity index (χ0) is 17.8. The van der Waals surface area contributed by atoms with Gasteiger partial charge in [0.05, 0.1) is 18.2 Å². The van der Waals surface area contributed by atoms with Gasteiger partial charge in [-0.25, -0.2) is 0 Å². The number of carbonyl (C=O) groups excluding carboxylic acids is 1. The van der Waals surface area contributed by atoms with Crippen LogP contribution in [-0.4, -0.2) is 35.6 Å². The molecule has 3 rings (SSSR count). The monoisotopic (exact) mass is 361 g/mol. The van der Waals surface area contributed by atoms with Gasteiger partial charge in [0.2, 0.25) is 5.91 Å². The molecule has 5 nitrogen and oxygen atoms in total. The second-order valence-electron chi connectivity index (χ2n) is 6.24. The van der Waals surface area contributed by atoms with Crippen LogP contribution in [-0.2, 0) is 24.1 Å². The highest BCUT2D eigenvalue weighted by Gasteiger charge is 2.30. The molecule has 2 heterocycles. The first kappa shape index (κ1) is 18.0. The maximum atomic E-state index is 13.1. The molecule has 0 radical (unpaired) electrons. The van der Waals surface area contributed by atoms with Crippen molar-refractivity contribution >= 4 is 17.5 Å². The van der Waals surface area contributed by atoms with Crippen LogP contribution in [0.3, 0.4) is 0 Å². The summed E-state index contributed by atoms with van der Waals surface area (Å²) in [6.45, 7) is 6.22. The highest BCUT2D eigenvalue weighted by Crippen LogP contribution is 2.29. The third-order valence-corrected chi connectivity index (χ3v) is 5.11. The van der Waals surface area contributed by atoms with Crippen molar-refractivity contribution in [1.82, 2.24) is 15.4 Å². The van der Waals surface area contributed by atoms with Gasteiger partial charge in [0, 0.05) is 36.6 Å². The van der Waals surface area contributed by atoms with Gasteiger partial charge in [-0.2, -0.15) is 0 Å². The van der Waals surface area contributed by atoms with Crippen molar-refractivity contribution in [2.45, 2.75) is 39.2 Å². The molecule has 1 fully saturated rings. The Balaban J connectivity index is 1.85. The number of hydrogen-bond donors (Lipinski definition) is 1. The Kier molecular flexibility index (Phi) is 5.76. The molecule has 0 spiro atoms. The third kappa shape index (κ3) is 3.72. The van der Waals surface area contributed by atoms with Crippen molar-refractivity contribution in [3.8, 4) is 0 Å². The molecule has 0 bridgehead atoms. The number of amides is 1. The molecule has 6 heteroatoms. The molecular weight excluding hydrogens is 338 g/mol. The van der Waals surface area contributed by atoms with Crippen molar-refractivity contribution in [2.24, 2.45) is 0 Å². The van der Waals surface area contributed by atoms with E-state index in [2.05, 4.69) is 10.5 Å². The molecule has 2 aromatic rings. The van der Waals surface area contributed by atoms with E-state index in [1.54, 1.807) is 0 Å². The van der Waals surface area contributed by atoms with Gasteiger partial charge in [0.1, 0.15) is 5.76 Å². The van der Waals surface area contributed by atoms with Crippen molar-refractivity contribution in [3.05, 3.63) is 51.9 Å². The molecule has 25 heavy (non-hydrogen) atoms. The van der Waals surface area contributed by atoms with E-state index in [0.29, 0.717) is 24.5 Å². The minimum absolute atomic E-state index is 0.0510. The van der Waals surface area contributed by atoms with E-state index in [4.69, 9.17) is 16.1 Å². The lowest BCUT2D eigenvalue weighted by Gasteiger charge is -2.37. The SMILES string of the molecule is CCc1noc(CC)c1CC(=O)N1CCNCC1c1ccccc1Cl. The predicted molar refractivity (Wildman–Crippen MR) is 97.7 cm³/mol. The second kappa shape index (κ2) is 8.02. The van der Waals surface area contributed by atoms with E-state index in [-0.39, 0.29) is 11.9 Å². The first-order valence-electron chi connectivity index (χ1n) is 8.86. The van der Waals surface area contributed by atoms with Crippen LogP contribution in [0, 0.1) is 0 Å². The van der Waals surface area contributed by atoms with Crippen LogP contribution in [0.1, 0.15) is 42.5 Å². The van der Waals surface area contributed by atoms with Gasteiger partial charge >= 0.3 is 0 Å². The van der Waals surface area contributed by atoms with Gasteiger partial charge in [0.25, 0.3) is 0 Å². The minimum atomic E-state index is -0.0510. The van der Waals surface area contributed by atoms with Gasteiger partial charge in [-0.05, 0) is 18.1 Å². The van der Waals surface area contributed by atoms with Crippen LogP contribution >= 0.6 is 11.6 Å². The molecule has 1 aliphatic heterocycles. The topological polar surface area (TPSA) is 58.4 Å². The lowest BCUT2D eigenvalue weighted by atomic mass is 10.0. The fourth-order valence-electron chi connectivity index (χ4n) is 3.42. The average Bonchev–Trinajstić information content (AvgIpc) is 3.03. The molecule has 1 unspecified atom stereocenters. The van der Waals surface area contributed by atoms with Crippen LogP contribution in [0.25, 0.3) is 0 Å². The van der Waals surface area contributed by atoms with Crippen molar-refractivity contribution < 1.29 is 9.32 Å². The largest absolute Gasteiger partial charge is 0.361 e. The van der Waals surface area contributed by atoms with Gasteiger partial charge in [-0.3, -0.25) is 4.79 Å². The summed E-state index contributed by atoms with van der Waals surface area (Å²) in [4.78, 5) is 15.0. The molecular formula is C19H24ClN3O2. The van der Waals surface area contributed by atoms with E-state index in [1.807, 2.05) is 43.0 Å². The maximum Gasteiger partial charge on any atom is 0.227 e. The number of rotatable bonds is 5. The second-order valence-corrected chi connectivity index (χ2v) is 6.65. The van der Waals surface area contributed by atoms with Crippen molar-refractivity contribution in [2.75, 3.05) is 19.6 Å². The van der Waals surface area contributed by atoms with Crippen molar-refractivity contribution in [3.63, 3.8) is 0 Å². The Labute approximate surface area is 153 Å². The summed E-state index contributed by atoms with van der Waals surface area (Å²) in [5, 5.41) is 8.18. The number of benzene rings is 1. The zero-order valence-corrected chi connectivity index (χ0v) is 15.5. The van der Waals surface area contributed by atoms with Crippen LogP contribution in [0.15, 0.2) is 28.8 Å². The van der Waals surface area contributed by atoms with E-state index in [0.717, 1.165) is 42.0 Å². The van der Waals surface area contributed by atoms with E-state index < -0.39 is 0 Å². The summed E-state index contributed by atoms with van der Waals surface area (Å²) in [7, 11) is 0. The summed E-state index contributed by atoms with van der Waals surface area (Å²) in [5.41, 5.74) is 2.82. The number of aromatic nitrogens is 1. The van der Waals surface area contributed by atoms with E-state index in [1.165, 1.54) is 0 Å². The summed E-state index contributed by atoms with van der Waals surface area (Å²) in [6.07, 6.45) is 1.84. The lowest BCUT2D eigenvalue weighted by molar-refractivity contribution is -0.133. The summed E-state index contributed by atoms with van der Waals surface area (Å²) in [5.74, 6) is 0.911. The Morgan fingerprint density at radius 1 is 1.36 bits per heavy atom. The summed E-state index contributed by atoms with van der Waals surface area (Å²) in [6, 6.07) is 7.69. The molecule has 1 aromatic carbocycles. The Morgan fingerprint density at radius 2 is 2.16 bits per heavy atom. The number of aryl methyl sites for hydroxylation is 2. The van der Waals surface area contributed by atoms with Crippen LogP contribution in [0.2, 0.25) is 5.02 Å². The van der Waals surface area contributed by atoms with E-state index >= 15 is 0 Å². The third-order valence-electron chi connectivity index (χ3n) is 4.76. The predicted octanol–water partition coefficient (Wildman–Crippen LogP) is 3.17. The molecule has 0 saturated carbocycles. The molecule has 1 aromatic heterocycles. The fourth-order valence-corrected chi connectivity index (χ4v) is 3.68. The normalized spacial score (nSPS) is 17.7. The van der Waals surface area contributed by atoms with Crippen LogP contribution in [0.4, 0.5) is 0 Å². The van der Waals surface area contributed by atoms with Gasteiger partial charge in [0.15, 0.2) is 0 Å². The van der Waals surface area contributed by atoms with Crippen molar-refractivity contribution in [1.29, 1.82) is 0 Å². The number of hydrogen-bond acceptors (Lipinski definition) is 4. The molecule has 134 valence electrons. The Hall–Kier alpha value is -1.85. The number of halogens is 1. The van der Waals surface area contributed by atoms with Gasteiger partial charge in [-0.15, -0.1) is 0 Å². The smallest absolute Gasteiger partial charge is 0.227 e. The summed E-state index contributed by atoms with van der Waals surface area (Å²) >= 11 is 6.37. The average molecular weight is 362 g/mol. The van der Waals surface area contributed by atoms with E-state index in [9.17, 15) is 4.79 Å².